The molecule has 0 spiro atoms. The van der Waals surface area contributed by atoms with E-state index >= 15 is 0 Å². The van der Waals surface area contributed by atoms with Crippen LogP contribution in [0.2, 0.25) is 0 Å². The second-order valence-electron chi connectivity index (χ2n) is 5.82. The zero-order valence-corrected chi connectivity index (χ0v) is 12.9. The van der Waals surface area contributed by atoms with Gasteiger partial charge in [0.15, 0.2) is 0 Å². The van der Waals surface area contributed by atoms with Crippen molar-refractivity contribution in [3.8, 4) is 0 Å². The van der Waals surface area contributed by atoms with Crippen LogP contribution >= 0.6 is 0 Å². The Bertz CT molecular complexity index is 416. The van der Waals surface area contributed by atoms with E-state index in [1.165, 1.54) is 0 Å². The van der Waals surface area contributed by atoms with Crippen molar-refractivity contribution in [2.75, 3.05) is 38.2 Å². The third kappa shape index (κ3) is 4.71. The topological polar surface area (TPSA) is 78.5 Å². The molecule has 0 bridgehead atoms. The maximum absolute atomic E-state index is 11.4. The molecule has 2 heterocycles. The van der Waals surface area contributed by atoms with E-state index in [4.69, 9.17) is 0 Å². The molecule has 7 heteroatoms. The summed E-state index contributed by atoms with van der Waals surface area (Å²) in [6, 6.07) is 0.802. The number of likely N-dealkylation sites (N-methyl/N-ethyl adjacent to an activating group) is 1. The highest BCUT2D eigenvalue weighted by molar-refractivity contribution is 7.91. The van der Waals surface area contributed by atoms with Gasteiger partial charge in [-0.2, -0.15) is 0 Å². The molecule has 0 radical (unpaired) electrons. The maximum Gasteiger partial charge on any atom is 0.233 e. The number of likely N-dealkylation sites (tertiary alicyclic amines) is 1. The van der Waals surface area contributed by atoms with Crippen molar-refractivity contribution in [2.45, 2.75) is 37.8 Å². The quantitative estimate of drug-likeness (QED) is 0.722. The molecule has 0 saturated carbocycles. The lowest BCUT2D eigenvalue weighted by molar-refractivity contribution is -0.122. The van der Waals surface area contributed by atoms with Crippen molar-refractivity contribution in [3.05, 3.63) is 0 Å². The number of sulfone groups is 1. The van der Waals surface area contributed by atoms with Crippen LogP contribution in [0.25, 0.3) is 0 Å². The van der Waals surface area contributed by atoms with E-state index in [0.29, 0.717) is 30.1 Å². The minimum absolute atomic E-state index is 0.0638. The number of piperidine rings is 1. The zero-order valence-electron chi connectivity index (χ0n) is 12.1. The van der Waals surface area contributed by atoms with Crippen LogP contribution in [-0.4, -0.2) is 69.5 Å². The van der Waals surface area contributed by atoms with Gasteiger partial charge in [0.2, 0.25) is 5.91 Å². The maximum atomic E-state index is 11.4. The Kier molecular flexibility index (Phi) is 5.40. The van der Waals surface area contributed by atoms with Gasteiger partial charge in [-0.3, -0.25) is 9.69 Å². The number of hydrogen-bond acceptors (Lipinski definition) is 5. The highest BCUT2D eigenvalue weighted by Gasteiger charge is 2.27. The first-order chi connectivity index (χ1) is 9.48. The van der Waals surface area contributed by atoms with Crippen LogP contribution in [0.15, 0.2) is 0 Å². The standard InChI is InChI=1S/C13H25N3O3S/c1-14-13(17)10-16-6-2-11(3-7-16)15-12-4-8-20(18,19)9-5-12/h11-12,15H,2-10H2,1H3,(H,14,17). The van der Waals surface area contributed by atoms with E-state index in [-0.39, 0.29) is 5.91 Å². The predicted octanol–water partition coefficient (Wildman–Crippen LogP) is -0.636. The number of rotatable bonds is 4. The Labute approximate surface area is 121 Å². The third-order valence-corrected chi connectivity index (χ3v) is 5.98. The molecule has 0 unspecified atom stereocenters. The number of amides is 1. The zero-order chi connectivity index (χ0) is 14.6. The molecule has 0 aromatic carbocycles. The average Bonchev–Trinajstić information content (AvgIpc) is 2.43. The fraction of sp³-hybridized carbons (Fsp3) is 0.923. The summed E-state index contributed by atoms with van der Waals surface area (Å²) in [7, 11) is -1.11. The molecule has 2 fully saturated rings. The fourth-order valence-electron chi connectivity index (χ4n) is 2.93. The van der Waals surface area contributed by atoms with Crippen molar-refractivity contribution in [1.29, 1.82) is 0 Å². The molecular weight excluding hydrogens is 278 g/mol. The summed E-state index contributed by atoms with van der Waals surface area (Å²) in [6.45, 7) is 2.33. The lowest BCUT2D eigenvalue weighted by Gasteiger charge is -2.35. The van der Waals surface area contributed by atoms with Crippen LogP contribution < -0.4 is 10.6 Å². The van der Waals surface area contributed by atoms with Crippen molar-refractivity contribution in [3.63, 3.8) is 0 Å². The summed E-state index contributed by atoms with van der Waals surface area (Å²) < 4.78 is 22.8. The molecule has 0 aliphatic carbocycles. The number of carbonyl (C=O) groups is 1. The smallest absolute Gasteiger partial charge is 0.233 e. The first-order valence-corrected chi connectivity index (χ1v) is 9.20. The van der Waals surface area contributed by atoms with Crippen LogP contribution in [0, 0.1) is 0 Å². The van der Waals surface area contributed by atoms with E-state index in [2.05, 4.69) is 15.5 Å². The monoisotopic (exact) mass is 303 g/mol. The Balaban J connectivity index is 1.68. The Morgan fingerprint density at radius 1 is 1.10 bits per heavy atom. The molecule has 0 atom stereocenters. The van der Waals surface area contributed by atoms with Crippen molar-refractivity contribution in [1.82, 2.24) is 15.5 Å². The van der Waals surface area contributed by atoms with Gasteiger partial charge in [-0.05, 0) is 25.7 Å². The predicted molar refractivity (Wildman–Crippen MR) is 78.3 cm³/mol. The average molecular weight is 303 g/mol. The molecule has 2 saturated heterocycles. The number of hydrogen-bond donors (Lipinski definition) is 2. The van der Waals surface area contributed by atoms with Gasteiger partial charge in [0.1, 0.15) is 9.84 Å². The lowest BCUT2D eigenvalue weighted by Crippen LogP contribution is -2.49. The van der Waals surface area contributed by atoms with Crippen LogP contribution in [0.3, 0.4) is 0 Å². The second kappa shape index (κ2) is 6.87. The van der Waals surface area contributed by atoms with E-state index in [9.17, 15) is 13.2 Å². The normalized spacial score (nSPS) is 25.4. The summed E-state index contributed by atoms with van der Waals surface area (Å²) in [4.78, 5) is 13.5. The molecule has 2 rings (SSSR count). The van der Waals surface area contributed by atoms with Gasteiger partial charge in [-0.1, -0.05) is 0 Å². The lowest BCUT2D eigenvalue weighted by atomic mass is 10.0. The Morgan fingerprint density at radius 3 is 2.20 bits per heavy atom. The summed E-state index contributed by atoms with van der Waals surface area (Å²) in [6.07, 6.45) is 3.53. The highest BCUT2D eigenvalue weighted by atomic mass is 32.2. The SMILES string of the molecule is CNC(=O)CN1CCC(NC2CCS(=O)(=O)CC2)CC1. The molecule has 2 aliphatic rings. The minimum atomic E-state index is -2.77. The number of nitrogens with one attached hydrogen (secondary N) is 2. The summed E-state index contributed by atoms with van der Waals surface area (Å²) in [5, 5.41) is 6.24. The molecular formula is C13H25N3O3S. The molecule has 1 amide bonds. The fourth-order valence-corrected chi connectivity index (χ4v) is 4.42. The van der Waals surface area contributed by atoms with Crippen molar-refractivity contribution < 1.29 is 13.2 Å². The van der Waals surface area contributed by atoms with E-state index < -0.39 is 9.84 Å². The Morgan fingerprint density at radius 2 is 1.65 bits per heavy atom. The van der Waals surface area contributed by atoms with E-state index in [1.807, 2.05) is 0 Å². The molecule has 6 nitrogen and oxygen atoms in total. The summed E-state index contributed by atoms with van der Waals surface area (Å²) >= 11 is 0. The van der Waals surface area contributed by atoms with E-state index in [0.717, 1.165) is 38.8 Å². The third-order valence-electron chi connectivity index (χ3n) is 4.26. The first kappa shape index (κ1) is 15.7. The van der Waals surface area contributed by atoms with Crippen molar-refractivity contribution >= 4 is 15.7 Å². The van der Waals surface area contributed by atoms with Gasteiger partial charge in [0.05, 0.1) is 18.1 Å². The highest BCUT2D eigenvalue weighted by Crippen LogP contribution is 2.16. The van der Waals surface area contributed by atoms with Crippen LogP contribution in [0.1, 0.15) is 25.7 Å². The van der Waals surface area contributed by atoms with Gasteiger partial charge in [-0.15, -0.1) is 0 Å². The molecule has 2 N–H and O–H groups in total. The first-order valence-electron chi connectivity index (χ1n) is 7.38. The van der Waals surface area contributed by atoms with Gasteiger partial charge in [0.25, 0.3) is 0 Å². The van der Waals surface area contributed by atoms with Crippen molar-refractivity contribution in [2.24, 2.45) is 0 Å². The van der Waals surface area contributed by atoms with Gasteiger partial charge in [-0.25, -0.2) is 8.42 Å². The Hall–Kier alpha value is -0.660. The van der Waals surface area contributed by atoms with Gasteiger partial charge < -0.3 is 10.6 Å². The molecule has 2 aliphatic heterocycles. The minimum Gasteiger partial charge on any atom is -0.358 e. The van der Waals surface area contributed by atoms with E-state index in [1.54, 1.807) is 7.05 Å². The number of nitrogens with zero attached hydrogens (tertiary/aromatic N) is 1. The second-order valence-corrected chi connectivity index (χ2v) is 8.12. The van der Waals surface area contributed by atoms with Gasteiger partial charge in [0, 0.05) is 32.2 Å². The van der Waals surface area contributed by atoms with Crippen LogP contribution in [0.4, 0.5) is 0 Å². The van der Waals surface area contributed by atoms with Crippen LogP contribution in [0.5, 0.6) is 0 Å². The largest absolute Gasteiger partial charge is 0.358 e. The van der Waals surface area contributed by atoms with Gasteiger partial charge >= 0.3 is 0 Å². The van der Waals surface area contributed by atoms with Crippen LogP contribution in [-0.2, 0) is 14.6 Å². The molecule has 116 valence electrons. The summed E-state index contributed by atoms with van der Waals surface area (Å²) in [5.74, 6) is 0.703. The molecule has 0 aromatic rings. The molecule has 0 aromatic heterocycles. The molecule has 20 heavy (non-hydrogen) atoms. The number of carbonyl (C=O) groups excluding carboxylic acids is 1. The summed E-state index contributed by atoms with van der Waals surface area (Å²) in [5.41, 5.74) is 0.